The van der Waals surface area contributed by atoms with Gasteiger partial charge in [0.2, 0.25) is 5.91 Å². The largest absolute Gasteiger partial charge is 0.326 e. The number of carbonyl (C=O) groups is 1. The number of amides is 1. The molecule has 1 saturated heterocycles. The van der Waals surface area contributed by atoms with E-state index in [1.54, 1.807) is 12.1 Å². The number of likely N-dealkylation sites (tertiary alicyclic amines) is 1. The Hall–Kier alpha value is -1.06. The average Bonchev–Trinajstić information content (AvgIpc) is 2.64. The highest BCUT2D eigenvalue weighted by Gasteiger charge is 2.23. The molecule has 2 rings (SSSR count). The molecule has 1 atom stereocenters. The first kappa shape index (κ1) is 12.4. The minimum absolute atomic E-state index is 0.0611. The van der Waals surface area contributed by atoms with Crippen LogP contribution in [0.1, 0.15) is 19.3 Å². The molecule has 3 nitrogen and oxygen atoms in total. The van der Waals surface area contributed by atoms with Gasteiger partial charge in [-0.2, -0.15) is 0 Å². The molecule has 92 valence electrons. The number of benzene rings is 1. The lowest BCUT2D eigenvalue weighted by molar-refractivity contribution is -0.117. The monoisotopic (exact) mass is 252 g/mol. The van der Waals surface area contributed by atoms with Gasteiger partial charge < -0.3 is 10.2 Å². The molecule has 1 N–H and O–H groups in total. The van der Waals surface area contributed by atoms with Crippen molar-refractivity contribution in [2.45, 2.75) is 25.3 Å². The van der Waals surface area contributed by atoms with Crippen LogP contribution in [-0.2, 0) is 4.79 Å². The molecule has 17 heavy (non-hydrogen) atoms. The van der Waals surface area contributed by atoms with Crippen LogP contribution in [0.3, 0.4) is 0 Å². The third kappa shape index (κ3) is 3.45. The van der Waals surface area contributed by atoms with Crippen molar-refractivity contribution in [3.63, 3.8) is 0 Å². The summed E-state index contributed by atoms with van der Waals surface area (Å²) in [7, 11) is 2.07. The van der Waals surface area contributed by atoms with Crippen molar-refractivity contribution in [3.05, 3.63) is 29.3 Å². The predicted molar refractivity (Wildman–Crippen MR) is 70.4 cm³/mol. The zero-order valence-electron chi connectivity index (χ0n) is 9.95. The van der Waals surface area contributed by atoms with Gasteiger partial charge in [0.15, 0.2) is 0 Å². The van der Waals surface area contributed by atoms with Crippen molar-refractivity contribution in [1.82, 2.24) is 4.90 Å². The summed E-state index contributed by atoms with van der Waals surface area (Å²) in [5.74, 6) is 0.0611. The fraction of sp³-hybridized carbons (Fsp3) is 0.462. The van der Waals surface area contributed by atoms with Crippen molar-refractivity contribution >= 4 is 23.2 Å². The lowest BCUT2D eigenvalue weighted by Gasteiger charge is -2.18. The van der Waals surface area contributed by atoms with E-state index >= 15 is 0 Å². The number of carbonyl (C=O) groups excluding carboxylic acids is 1. The highest BCUT2D eigenvalue weighted by molar-refractivity contribution is 6.30. The fourth-order valence-corrected chi connectivity index (χ4v) is 2.42. The molecule has 1 aliphatic heterocycles. The SMILES string of the molecule is CN1CCCC1CC(=O)Nc1cccc(Cl)c1. The zero-order valence-corrected chi connectivity index (χ0v) is 10.7. The average molecular weight is 253 g/mol. The van der Waals surface area contributed by atoms with Gasteiger partial charge in [-0.1, -0.05) is 17.7 Å². The van der Waals surface area contributed by atoms with Gasteiger partial charge in [-0.05, 0) is 44.6 Å². The van der Waals surface area contributed by atoms with Crippen LogP contribution in [0, 0.1) is 0 Å². The first-order valence-electron chi connectivity index (χ1n) is 5.91. The topological polar surface area (TPSA) is 32.3 Å². The molecule has 1 fully saturated rings. The number of rotatable bonds is 3. The Morgan fingerprint density at radius 2 is 2.41 bits per heavy atom. The van der Waals surface area contributed by atoms with Crippen LogP contribution in [0.15, 0.2) is 24.3 Å². The molecule has 0 saturated carbocycles. The molecular formula is C13H17ClN2O. The highest BCUT2D eigenvalue weighted by Crippen LogP contribution is 2.19. The summed E-state index contributed by atoms with van der Waals surface area (Å²) < 4.78 is 0. The summed E-state index contributed by atoms with van der Waals surface area (Å²) in [6, 6.07) is 7.62. The molecule has 0 spiro atoms. The van der Waals surface area contributed by atoms with E-state index in [1.807, 2.05) is 12.1 Å². The predicted octanol–water partition coefficient (Wildman–Crippen LogP) is 2.76. The third-order valence-electron chi connectivity index (χ3n) is 3.20. The molecule has 0 radical (unpaired) electrons. The Morgan fingerprint density at radius 1 is 1.59 bits per heavy atom. The number of anilines is 1. The Bertz CT molecular complexity index is 408. The van der Waals surface area contributed by atoms with E-state index in [2.05, 4.69) is 17.3 Å². The van der Waals surface area contributed by atoms with Crippen LogP contribution in [0.25, 0.3) is 0 Å². The molecule has 1 aromatic carbocycles. The van der Waals surface area contributed by atoms with Crippen molar-refractivity contribution in [3.8, 4) is 0 Å². The Kier molecular flexibility index (Phi) is 4.02. The molecule has 4 heteroatoms. The minimum atomic E-state index is 0.0611. The smallest absolute Gasteiger partial charge is 0.225 e. The highest BCUT2D eigenvalue weighted by atomic mass is 35.5. The molecule has 1 amide bonds. The van der Waals surface area contributed by atoms with E-state index in [0.717, 1.165) is 18.7 Å². The van der Waals surface area contributed by atoms with Crippen LogP contribution in [0.4, 0.5) is 5.69 Å². The maximum atomic E-state index is 11.8. The maximum Gasteiger partial charge on any atom is 0.225 e. The first-order valence-corrected chi connectivity index (χ1v) is 6.28. The van der Waals surface area contributed by atoms with E-state index in [1.165, 1.54) is 6.42 Å². The maximum absolute atomic E-state index is 11.8. The summed E-state index contributed by atoms with van der Waals surface area (Å²) in [5, 5.41) is 3.52. The molecule has 0 bridgehead atoms. The molecular weight excluding hydrogens is 236 g/mol. The summed E-state index contributed by atoms with van der Waals surface area (Å²) in [5.41, 5.74) is 0.767. The van der Waals surface area contributed by atoms with E-state index < -0.39 is 0 Å². The summed E-state index contributed by atoms with van der Waals surface area (Å²) in [6.07, 6.45) is 2.86. The van der Waals surface area contributed by atoms with Gasteiger partial charge in [0.05, 0.1) is 0 Å². The zero-order chi connectivity index (χ0) is 12.3. The van der Waals surface area contributed by atoms with Gasteiger partial charge in [-0.25, -0.2) is 0 Å². The normalized spacial score (nSPS) is 20.5. The number of nitrogens with zero attached hydrogens (tertiary/aromatic N) is 1. The Balaban J connectivity index is 1.89. The number of hydrogen-bond donors (Lipinski definition) is 1. The van der Waals surface area contributed by atoms with Crippen LogP contribution in [-0.4, -0.2) is 30.4 Å². The van der Waals surface area contributed by atoms with E-state index in [4.69, 9.17) is 11.6 Å². The van der Waals surface area contributed by atoms with Crippen LogP contribution >= 0.6 is 11.6 Å². The molecule has 0 aliphatic carbocycles. The van der Waals surface area contributed by atoms with E-state index in [-0.39, 0.29) is 5.91 Å². The molecule has 1 aromatic rings. The third-order valence-corrected chi connectivity index (χ3v) is 3.44. The Labute approximate surface area is 107 Å². The van der Waals surface area contributed by atoms with E-state index in [0.29, 0.717) is 17.5 Å². The van der Waals surface area contributed by atoms with Crippen LogP contribution in [0.5, 0.6) is 0 Å². The summed E-state index contributed by atoms with van der Waals surface area (Å²) in [4.78, 5) is 14.1. The number of hydrogen-bond acceptors (Lipinski definition) is 2. The number of halogens is 1. The second-order valence-electron chi connectivity index (χ2n) is 4.54. The fourth-order valence-electron chi connectivity index (χ4n) is 2.23. The van der Waals surface area contributed by atoms with Crippen LogP contribution < -0.4 is 5.32 Å². The van der Waals surface area contributed by atoms with Gasteiger partial charge in [0, 0.05) is 23.2 Å². The van der Waals surface area contributed by atoms with Gasteiger partial charge in [-0.15, -0.1) is 0 Å². The second kappa shape index (κ2) is 5.52. The lowest BCUT2D eigenvalue weighted by atomic mass is 10.1. The second-order valence-corrected chi connectivity index (χ2v) is 4.98. The standard InChI is InChI=1S/C13H17ClN2O/c1-16-7-3-6-12(16)9-13(17)15-11-5-2-4-10(14)8-11/h2,4-5,8,12H,3,6-7,9H2,1H3,(H,15,17). The minimum Gasteiger partial charge on any atom is -0.326 e. The summed E-state index contributed by atoms with van der Waals surface area (Å²) in [6.45, 7) is 1.09. The quantitative estimate of drug-likeness (QED) is 0.897. The molecule has 1 unspecified atom stereocenters. The van der Waals surface area contributed by atoms with Crippen LogP contribution in [0.2, 0.25) is 5.02 Å². The van der Waals surface area contributed by atoms with Crippen molar-refractivity contribution < 1.29 is 4.79 Å². The first-order chi connectivity index (χ1) is 8.15. The van der Waals surface area contributed by atoms with Crippen molar-refractivity contribution in [1.29, 1.82) is 0 Å². The lowest BCUT2D eigenvalue weighted by Crippen LogP contribution is -2.29. The van der Waals surface area contributed by atoms with Crippen molar-refractivity contribution in [2.75, 3.05) is 18.9 Å². The van der Waals surface area contributed by atoms with Gasteiger partial charge >= 0.3 is 0 Å². The Morgan fingerprint density at radius 3 is 3.06 bits per heavy atom. The van der Waals surface area contributed by atoms with Gasteiger partial charge in [-0.3, -0.25) is 4.79 Å². The summed E-state index contributed by atoms with van der Waals surface area (Å²) >= 11 is 5.86. The van der Waals surface area contributed by atoms with Gasteiger partial charge in [0.25, 0.3) is 0 Å². The molecule has 0 aromatic heterocycles. The molecule has 1 heterocycles. The molecule has 1 aliphatic rings. The van der Waals surface area contributed by atoms with Crippen molar-refractivity contribution in [2.24, 2.45) is 0 Å². The van der Waals surface area contributed by atoms with Gasteiger partial charge in [0.1, 0.15) is 0 Å². The number of nitrogens with one attached hydrogen (secondary N) is 1. The van der Waals surface area contributed by atoms with E-state index in [9.17, 15) is 4.79 Å².